The highest BCUT2D eigenvalue weighted by molar-refractivity contribution is 5.72. The zero-order valence-electron chi connectivity index (χ0n) is 14.6. The minimum absolute atomic E-state index is 0.0134. The fourth-order valence-electron chi connectivity index (χ4n) is 4.18. The van der Waals surface area contributed by atoms with Crippen LogP contribution < -0.4 is 0 Å². The first-order chi connectivity index (χ1) is 10.4. The van der Waals surface area contributed by atoms with Gasteiger partial charge in [-0.25, -0.2) is 0 Å². The first kappa shape index (κ1) is 17.3. The molecule has 2 saturated carbocycles. The van der Waals surface area contributed by atoms with Crippen molar-refractivity contribution < 1.29 is 9.53 Å². The molecule has 2 heteroatoms. The van der Waals surface area contributed by atoms with Gasteiger partial charge in [0.2, 0.25) is 0 Å². The molecule has 0 radical (unpaired) electrons. The molecule has 2 aliphatic carbocycles. The Morgan fingerprint density at radius 1 is 1.45 bits per heavy atom. The number of esters is 1. The molecule has 2 rings (SSSR count). The van der Waals surface area contributed by atoms with Gasteiger partial charge in [-0.1, -0.05) is 39.5 Å². The van der Waals surface area contributed by atoms with Gasteiger partial charge in [-0.3, -0.25) is 4.79 Å². The molecule has 0 aromatic carbocycles. The summed E-state index contributed by atoms with van der Waals surface area (Å²) >= 11 is 0. The molecule has 0 aromatic heterocycles. The van der Waals surface area contributed by atoms with E-state index in [-0.39, 0.29) is 11.9 Å². The molecule has 0 amide bonds. The van der Waals surface area contributed by atoms with E-state index in [1.807, 2.05) is 13.8 Å². The SMILES string of the molecule is C=C(COC(=O)C(C)CC)C1CCC2(C)CCCC(=C)C2C1. The average Bonchev–Trinajstić information content (AvgIpc) is 2.51. The summed E-state index contributed by atoms with van der Waals surface area (Å²) in [7, 11) is 0. The summed E-state index contributed by atoms with van der Waals surface area (Å²) in [6.07, 6.45) is 8.22. The van der Waals surface area contributed by atoms with E-state index < -0.39 is 0 Å². The van der Waals surface area contributed by atoms with E-state index in [1.54, 1.807) is 0 Å². The zero-order chi connectivity index (χ0) is 16.3. The first-order valence-electron chi connectivity index (χ1n) is 8.89. The Labute approximate surface area is 136 Å². The van der Waals surface area contributed by atoms with Crippen LogP contribution in [0, 0.1) is 23.2 Å². The highest BCUT2D eigenvalue weighted by Gasteiger charge is 2.43. The van der Waals surface area contributed by atoms with Crippen molar-refractivity contribution >= 4 is 5.97 Å². The summed E-state index contributed by atoms with van der Waals surface area (Å²) in [6, 6.07) is 0. The maximum atomic E-state index is 11.8. The number of fused-ring (bicyclic) bond motifs is 1. The van der Waals surface area contributed by atoms with Crippen molar-refractivity contribution in [1.82, 2.24) is 0 Å². The van der Waals surface area contributed by atoms with Crippen LogP contribution in [0.25, 0.3) is 0 Å². The van der Waals surface area contributed by atoms with Gasteiger partial charge in [-0.05, 0) is 67.8 Å². The van der Waals surface area contributed by atoms with Crippen LogP contribution in [0.4, 0.5) is 0 Å². The highest BCUT2D eigenvalue weighted by Crippen LogP contribution is 2.54. The van der Waals surface area contributed by atoms with Crippen molar-refractivity contribution in [3.8, 4) is 0 Å². The van der Waals surface area contributed by atoms with Crippen LogP contribution in [-0.4, -0.2) is 12.6 Å². The van der Waals surface area contributed by atoms with Crippen molar-refractivity contribution in [2.75, 3.05) is 6.61 Å². The Hall–Kier alpha value is -1.05. The summed E-state index contributed by atoms with van der Waals surface area (Å²) in [5.74, 6) is 1.01. The van der Waals surface area contributed by atoms with Crippen LogP contribution in [0.3, 0.4) is 0 Å². The van der Waals surface area contributed by atoms with Crippen LogP contribution in [0.15, 0.2) is 24.3 Å². The van der Waals surface area contributed by atoms with Crippen molar-refractivity contribution in [2.45, 2.75) is 65.7 Å². The third-order valence-corrected chi connectivity index (χ3v) is 6.16. The predicted molar refractivity (Wildman–Crippen MR) is 91.5 cm³/mol. The summed E-state index contributed by atoms with van der Waals surface area (Å²) in [5, 5.41) is 0. The molecule has 4 unspecified atom stereocenters. The second kappa shape index (κ2) is 7.02. The number of hydrogen-bond acceptors (Lipinski definition) is 2. The van der Waals surface area contributed by atoms with E-state index in [2.05, 4.69) is 20.1 Å². The minimum atomic E-state index is -0.0913. The first-order valence-corrected chi connectivity index (χ1v) is 8.89. The molecule has 0 N–H and O–H groups in total. The van der Waals surface area contributed by atoms with E-state index in [1.165, 1.54) is 37.7 Å². The summed E-state index contributed by atoms with van der Waals surface area (Å²) in [4.78, 5) is 11.8. The molecule has 124 valence electrons. The summed E-state index contributed by atoms with van der Waals surface area (Å²) < 4.78 is 5.44. The Balaban J connectivity index is 1.90. The smallest absolute Gasteiger partial charge is 0.308 e. The van der Waals surface area contributed by atoms with Gasteiger partial charge >= 0.3 is 5.97 Å². The van der Waals surface area contributed by atoms with Gasteiger partial charge in [0.25, 0.3) is 0 Å². The molecule has 0 spiro atoms. The van der Waals surface area contributed by atoms with Crippen LogP contribution in [-0.2, 0) is 9.53 Å². The summed E-state index contributed by atoms with van der Waals surface area (Å²) in [6.45, 7) is 15.3. The maximum absolute atomic E-state index is 11.8. The molecule has 0 heterocycles. The Kier molecular flexibility index (Phi) is 5.52. The fraction of sp³-hybridized carbons (Fsp3) is 0.750. The van der Waals surface area contributed by atoms with Gasteiger partial charge in [0, 0.05) is 0 Å². The van der Waals surface area contributed by atoms with E-state index in [4.69, 9.17) is 4.74 Å². The number of hydrogen-bond donors (Lipinski definition) is 0. The van der Waals surface area contributed by atoms with Crippen molar-refractivity contribution in [3.05, 3.63) is 24.3 Å². The van der Waals surface area contributed by atoms with Gasteiger partial charge in [0.05, 0.1) is 5.92 Å². The third-order valence-electron chi connectivity index (χ3n) is 6.16. The molecule has 0 bridgehead atoms. The summed E-state index contributed by atoms with van der Waals surface area (Å²) in [5.41, 5.74) is 2.97. The molecule has 2 fully saturated rings. The maximum Gasteiger partial charge on any atom is 0.308 e. The van der Waals surface area contributed by atoms with Gasteiger partial charge in [-0.15, -0.1) is 0 Å². The van der Waals surface area contributed by atoms with Crippen molar-refractivity contribution in [2.24, 2.45) is 23.2 Å². The van der Waals surface area contributed by atoms with Crippen LogP contribution in [0.1, 0.15) is 65.7 Å². The van der Waals surface area contributed by atoms with E-state index in [0.717, 1.165) is 18.4 Å². The zero-order valence-corrected chi connectivity index (χ0v) is 14.6. The minimum Gasteiger partial charge on any atom is -0.461 e. The largest absolute Gasteiger partial charge is 0.461 e. The van der Waals surface area contributed by atoms with Crippen molar-refractivity contribution in [1.29, 1.82) is 0 Å². The molecular formula is C20H32O2. The molecule has 0 aromatic rings. The van der Waals surface area contributed by atoms with E-state index in [0.29, 0.717) is 23.9 Å². The van der Waals surface area contributed by atoms with Crippen LogP contribution in [0.2, 0.25) is 0 Å². The fourth-order valence-corrected chi connectivity index (χ4v) is 4.18. The average molecular weight is 304 g/mol. The lowest BCUT2D eigenvalue weighted by molar-refractivity contribution is -0.147. The van der Waals surface area contributed by atoms with Crippen LogP contribution in [0.5, 0.6) is 0 Å². The Morgan fingerprint density at radius 3 is 2.86 bits per heavy atom. The van der Waals surface area contributed by atoms with Gasteiger partial charge in [0.15, 0.2) is 0 Å². The second-order valence-corrected chi connectivity index (χ2v) is 7.76. The van der Waals surface area contributed by atoms with Crippen LogP contribution >= 0.6 is 0 Å². The normalized spacial score (nSPS) is 33.0. The molecule has 2 aliphatic rings. The second-order valence-electron chi connectivity index (χ2n) is 7.76. The third kappa shape index (κ3) is 3.64. The van der Waals surface area contributed by atoms with E-state index in [9.17, 15) is 4.79 Å². The number of carbonyl (C=O) groups is 1. The quantitative estimate of drug-likeness (QED) is 0.509. The lowest BCUT2D eigenvalue weighted by Gasteiger charge is -2.49. The topological polar surface area (TPSA) is 26.3 Å². The Bertz CT molecular complexity index is 451. The standard InChI is InChI=1S/C20H32O2/c1-6-14(2)19(21)22-13-16(4)17-9-11-20(5)10-7-8-15(3)18(20)12-17/h14,17-18H,3-4,6-13H2,1-2,5H3. The lowest BCUT2D eigenvalue weighted by atomic mass is 9.56. The Morgan fingerprint density at radius 2 is 2.18 bits per heavy atom. The molecule has 4 atom stereocenters. The number of rotatable bonds is 5. The number of allylic oxidation sites excluding steroid dienone is 1. The molecule has 0 saturated heterocycles. The number of carbonyl (C=O) groups excluding carboxylic acids is 1. The monoisotopic (exact) mass is 304 g/mol. The van der Waals surface area contributed by atoms with Crippen molar-refractivity contribution in [3.63, 3.8) is 0 Å². The highest BCUT2D eigenvalue weighted by atomic mass is 16.5. The molecule has 0 aliphatic heterocycles. The predicted octanol–water partition coefficient (Wildman–Crippen LogP) is 5.29. The van der Waals surface area contributed by atoms with Gasteiger partial charge in [-0.2, -0.15) is 0 Å². The number of ether oxygens (including phenoxy) is 1. The van der Waals surface area contributed by atoms with E-state index >= 15 is 0 Å². The molecule has 2 nitrogen and oxygen atoms in total. The molecular weight excluding hydrogens is 272 g/mol. The molecule has 22 heavy (non-hydrogen) atoms. The van der Waals surface area contributed by atoms with Gasteiger partial charge < -0.3 is 4.74 Å². The van der Waals surface area contributed by atoms with Gasteiger partial charge in [0.1, 0.15) is 6.61 Å². The lowest BCUT2D eigenvalue weighted by Crippen LogP contribution is -2.38.